The number of rotatable bonds is 5. The third-order valence-corrected chi connectivity index (χ3v) is 1.47. The van der Waals surface area contributed by atoms with Crippen molar-refractivity contribution in [1.82, 2.24) is 0 Å². The highest BCUT2D eigenvalue weighted by Gasteiger charge is 2.23. The quantitative estimate of drug-likeness (QED) is 0.384. The molecular formula is C8H13ClO4. The maximum Gasteiger partial charge on any atom is 0.320 e. The van der Waals surface area contributed by atoms with Gasteiger partial charge in [-0.25, -0.2) is 0 Å². The Morgan fingerprint density at radius 2 is 1.85 bits per heavy atom. The summed E-state index contributed by atoms with van der Waals surface area (Å²) in [6.07, 6.45) is 0. The predicted molar refractivity (Wildman–Crippen MR) is 47.5 cm³/mol. The van der Waals surface area contributed by atoms with Crippen molar-refractivity contribution in [2.24, 2.45) is 5.92 Å². The number of hydrogen-bond donors (Lipinski definition) is 0. The lowest BCUT2D eigenvalue weighted by Gasteiger charge is -2.09. The molecule has 0 N–H and O–H groups in total. The number of alkyl halides is 1. The molecule has 0 spiro atoms. The van der Waals surface area contributed by atoms with Crippen LogP contribution in [0.2, 0.25) is 0 Å². The van der Waals surface area contributed by atoms with Gasteiger partial charge in [-0.3, -0.25) is 9.59 Å². The zero-order valence-electron chi connectivity index (χ0n) is 7.71. The molecule has 0 fully saturated rings. The highest BCUT2D eigenvalue weighted by atomic mass is 35.5. The number of esters is 2. The third-order valence-electron chi connectivity index (χ3n) is 1.32. The molecule has 0 radical (unpaired) electrons. The maximum atomic E-state index is 11.0. The van der Waals surface area contributed by atoms with Gasteiger partial charge in [0.1, 0.15) is 6.61 Å². The molecule has 76 valence electrons. The monoisotopic (exact) mass is 208 g/mol. The van der Waals surface area contributed by atoms with Crippen molar-refractivity contribution in [2.45, 2.75) is 13.8 Å². The molecule has 0 aliphatic heterocycles. The molecule has 13 heavy (non-hydrogen) atoms. The molecule has 0 aliphatic rings. The van der Waals surface area contributed by atoms with Crippen LogP contribution in [0.1, 0.15) is 13.8 Å². The Labute approximate surface area is 82.1 Å². The van der Waals surface area contributed by atoms with Crippen LogP contribution in [0.15, 0.2) is 0 Å². The molecule has 0 aromatic carbocycles. The molecule has 1 atom stereocenters. The van der Waals surface area contributed by atoms with Gasteiger partial charge in [0, 0.05) is 0 Å². The van der Waals surface area contributed by atoms with Gasteiger partial charge in [0.15, 0.2) is 5.92 Å². The summed E-state index contributed by atoms with van der Waals surface area (Å²) < 4.78 is 9.28. The highest BCUT2D eigenvalue weighted by Crippen LogP contribution is 2.01. The molecule has 5 heteroatoms. The van der Waals surface area contributed by atoms with Crippen LogP contribution < -0.4 is 0 Å². The fourth-order valence-electron chi connectivity index (χ4n) is 0.628. The van der Waals surface area contributed by atoms with E-state index in [1.807, 2.05) is 0 Å². The fourth-order valence-corrected chi connectivity index (χ4v) is 0.705. The van der Waals surface area contributed by atoms with E-state index in [4.69, 9.17) is 11.6 Å². The van der Waals surface area contributed by atoms with E-state index in [1.54, 1.807) is 6.92 Å². The van der Waals surface area contributed by atoms with E-state index in [-0.39, 0.29) is 19.1 Å². The molecule has 0 saturated heterocycles. The van der Waals surface area contributed by atoms with Gasteiger partial charge in [-0.2, -0.15) is 0 Å². The molecule has 0 aromatic rings. The minimum absolute atomic E-state index is 0.115. The summed E-state index contributed by atoms with van der Waals surface area (Å²) in [5.74, 6) is -1.81. The number of hydrogen-bond acceptors (Lipinski definition) is 4. The lowest BCUT2D eigenvalue weighted by Crippen LogP contribution is -2.25. The Morgan fingerprint density at radius 1 is 1.31 bits per heavy atom. The Balaban J connectivity index is 3.87. The molecule has 1 unspecified atom stereocenters. The van der Waals surface area contributed by atoms with Gasteiger partial charge in [-0.15, -0.1) is 11.6 Å². The van der Waals surface area contributed by atoms with E-state index in [2.05, 4.69) is 9.47 Å². The van der Waals surface area contributed by atoms with Gasteiger partial charge in [0.05, 0.1) is 12.5 Å². The van der Waals surface area contributed by atoms with Crippen molar-refractivity contribution in [1.29, 1.82) is 0 Å². The third kappa shape index (κ3) is 4.72. The zero-order chi connectivity index (χ0) is 10.3. The van der Waals surface area contributed by atoms with Crippen LogP contribution in [0.25, 0.3) is 0 Å². The van der Waals surface area contributed by atoms with Gasteiger partial charge in [-0.1, -0.05) is 0 Å². The predicted octanol–water partition coefficient (Wildman–Crippen LogP) is 0.968. The summed E-state index contributed by atoms with van der Waals surface area (Å²) in [7, 11) is 0. The molecule has 0 heterocycles. The van der Waals surface area contributed by atoms with Gasteiger partial charge in [0.25, 0.3) is 0 Å². The first-order valence-electron chi connectivity index (χ1n) is 4.02. The molecule has 0 bridgehead atoms. The Morgan fingerprint density at radius 3 is 2.31 bits per heavy atom. The summed E-state index contributed by atoms with van der Waals surface area (Å²) in [6, 6.07) is 0. The van der Waals surface area contributed by atoms with E-state index in [9.17, 15) is 9.59 Å². The normalized spacial score (nSPS) is 11.9. The summed E-state index contributed by atoms with van der Waals surface area (Å²) in [6.45, 7) is 3.49. The number of ether oxygens (including phenoxy) is 2. The van der Waals surface area contributed by atoms with Crippen molar-refractivity contribution in [3.05, 3.63) is 0 Å². The first-order chi connectivity index (χ1) is 6.13. The van der Waals surface area contributed by atoms with Crippen molar-refractivity contribution >= 4 is 23.5 Å². The SMILES string of the molecule is CCOC(=O)C(C)C(=O)OCCCl. The van der Waals surface area contributed by atoms with Crippen LogP contribution in [0, 0.1) is 5.92 Å². The van der Waals surface area contributed by atoms with Gasteiger partial charge < -0.3 is 9.47 Å². The zero-order valence-corrected chi connectivity index (χ0v) is 8.47. The second kappa shape index (κ2) is 6.71. The van der Waals surface area contributed by atoms with E-state index < -0.39 is 17.9 Å². The van der Waals surface area contributed by atoms with Crippen molar-refractivity contribution in [2.75, 3.05) is 19.1 Å². The highest BCUT2D eigenvalue weighted by molar-refractivity contribution is 6.18. The lowest BCUT2D eigenvalue weighted by molar-refractivity contribution is -0.160. The van der Waals surface area contributed by atoms with E-state index in [1.165, 1.54) is 6.92 Å². The summed E-state index contributed by atoms with van der Waals surface area (Å²) in [4.78, 5) is 22.0. The molecule has 0 aliphatic carbocycles. The number of carbonyl (C=O) groups is 2. The van der Waals surface area contributed by atoms with Crippen molar-refractivity contribution in [3.8, 4) is 0 Å². The first kappa shape index (κ1) is 12.2. The standard InChI is InChI=1S/C8H13ClO4/c1-3-12-7(10)6(2)8(11)13-5-4-9/h6H,3-5H2,1-2H3. The van der Waals surface area contributed by atoms with Gasteiger partial charge >= 0.3 is 11.9 Å². The Kier molecular flexibility index (Phi) is 6.32. The van der Waals surface area contributed by atoms with Crippen molar-refractivity contribution < 1.29 is 19.1 Å². The average Bonchev–Trinajstić information content (AvgIpc) is 2.13. The molecule has 0 amide bonds. The summed E-state index contributed by atoms with van der Waals surface area (Å²) in [5.41, 5.74) is 0. The summed E-state index contributed by atoms with van der Waals surface area (Å²) >= 11 is 5.30. The average molecular weight is 209 g/mol. The maximum absolute atomic E-state index is 11.0. The molecular weight excluding hydrogens is 196 g/mol. The van der Waals surface area contributed by atoms with Crippen molar-refractivity contribution in [3.63, 3.8) is 0 Å². The first-order valence-corrected chi connectivity index (χ1v) is 4.56. The Bertz CT molecular complexity index is 181. The largest absolute Gasteiger partial charge is 0.465 e. The molecule has 4 nitrogen and oxygen atoms in total. The van der Waals surface area contributed by atoms with Crippen LogP contribution in [-0.2, 0) is 19.1 Å². The van der Waals surface area contributed by atoms with E-state index >= 15 is 0 Å². The van der Waals surface area contributed by atoms with Crippen LogP contribution >= 0.6 is 11.6 Å². The minimum atomic E-state index is -0.872. The second-order valence-corrected chi connectivity index (χ2v) is 2.71. The summed E-state index contributed by atoms with van der Waals surface area (Å²) in [5, 5.41) is 0. The van der Waals surface area contributed by atoms with E-state index in [0.717, 1.165) is 0 Å². The number of carbonyl (C=O) groups excluding carboxylic acids is 2. The van der Waals surface area contributed by atoms with Gasteiger partial charge in [0.2, 0.25) is 0 Å². The molecule has 0 saturated carbocycles. The van der Waals surface area contributed by atoms with E-state index in [0.29, 0.717) is 0 Å². The Hall–Kier alpha value is -0.770. The van der Waals surface area contributed by atoms with Crippen LogP contribution in [-0.4, -0.2) is 31.0 Å². The van der Waals surface area contributed by atoms with Gasteiger partial charge in [-0.05, 0) is 13.8 Å². The van der Waals surface area contributed by atoms with Crippen LogP contribution in [0.5, 0.6) is 0 Å². The van der Waals surface area contributed by atoms with Crippen LogP contribution in [0.4, 0.5) is 0 Å². The minimum Gasteiger partial charge on any atom is -0.465 e. The lowest BCUT2D eigenvalue weighted by atomic mass is 10.2. The topological polar surface area (TPSA) is 52.6 Å². The smallest absolute Gasteiger partial charge is 0.320 e. The molecule has 0 aromatic heterocycles. The number of halogens is 1. The van der Waals surface area contributed by atoms with Crippen LogP contribution in [0.3, 0.4) is 0 Å². The molecule has 0 rings (SSSR count). The fraction of sp³-hybridized carbons (Fsp3) is 0.750. The second-order valence-electron chi connectivity index (χ2n) is 2.33.